The minimum absolute atomic E-state index is 0.0345. The van der Waals surface area contributed by atoms with Crippen molar-refractivity contribution in [3.05, 3.63) is 51.5 Å². The zero-order chi connectivity index (χ0) is 30.6. The molecule has 0 aliphatic heterocycles. The number of ether oxygens (including phenoxy) is 3. The van der Waals surface area contributed by atoms with Crippen LogP contribution in [0.2, 0.25) is 0 Å². The SMILES string of the molecule is COc1cc2sc(C(=O)CC(C)C(=O)O)cc2cc1CCCOc1c(OC)cc2sc(CCC(C)C(=O)O)cc2c1F. The molecule has 2 heterocycles. The van der Waals surface area contributed by atoms with E-state index in [0.717, 1.165) is 20.5 Å². The van der Waals surface area contributed by atoms with Gasteiger partial charge in [-0.1, -0.05) is 13.8 Å². The molecular formula is C31H33FO8S2. The molecule has 2 N–H and O–H groups in total. The zero-order valence-electron chi connectivity index (χ0n) is 23.8. The summed E-state index contributed by atoms with van der Waals surface area (Å²) >= 11 is 2.72. The van der Waals surface area contributed by atoms with Gasteiger partial charge in [-0.15, -0.1) is 22.7 Å². The Labute approximate surface area is 250 Å². The van der Waals surface area contributed by atoms with Crippen LogP contribution >= 0.6 is 22.7 Å². The normalized spacial score (nSPS) is 12.8. The molecule has 0 radical (unpaired) electrons. The molecule has 0 amide bonds. The van der Waals surface area contributed by atoms with Crippen LogP contribution < -0.4 is 14.2 Å². The van der Waals surface area contributed by atoms with Gasteiger partial charge < -0.3 is 24.4 Å². The number of aryl methyl sites for hydroxylation is 2. The number of carbonyl (C=O) groups is 3. The third kappa shape index (κ3) is 7.01. The highest BCUT2D eigenvalue weighted by Gasteiger charge is 2.21. The minimum Gasteiger partial charge on any atom is -0.496 e. The van der Waals surface area contributed by atoms with Gasteiger partial charge in [0, 0.05) is 32.2 Å². The number of carboxylic acid groups (broad SMARTS) is 2. The average Bonchev–Trinajstić information content (AvgIpc) is 3.57. The highest BCUT2D eigenvalue weighted by atomic mass is 32.1. The van der Waals surface area contributed by atoms with Crippen LogP contribution in [0.3, 0.4) is 0 Å². The van der Waals surface area contributed by atoms with Gasteiger partial charge in [0.25, 0.3) is 0 Å². The van der Waals surface area contributed by atoms with Crippen molar-refractivity contribution in [1.82, 2.24) is 0 Å². The highest BCUT2D eigenvalue weighted by molar-refractivity contribution is 7.21. The number of carboxylic acids is 2. The fraction of sp³-hybridized carbons (Fsp3) is 0.387. The summed E-state index contributed by atoms with van der Waals surface area (Å²) in [5.41, 5.74) is 0.908. The first-order valence-corrected chi connectivity index (χ1v) is 15.2. The first kappa shape index (κ1) is 31.2. The number of carbonyl (C=O) groups excluding carboxylic acids is 1. The van der Waals surface area contributed by atoms with Crippen LogP contribution in [-0.2, 0) is 22.4 Å². The van der Waals surface area contributed by atoms with Crippen molar-refractivity contribution >= 4 is 60.6 Å². The molecule has 2 unspecified atom stereocenters. The molecule has 2 aromatic carbocycles. The molecular weight excluding hydrogens is 583 g/mol. The molecule has 2 aromatic heterocycles. The molecule has 224 valence electrons. The van der Waals surface area contributed by atoms with Crippen LogP contribution in [0.5, 0.6) is 17.2 Å². The van der Waals surface area contributed by atoms with Crippen LogP contribution in [0, 0.1) is 17.7 Å². The Kier molecular flexibility index (Phi) is 10.1. The largest absolute Gasteiger partial charge is 0.496 e. The van der Waals surface area contributed by atoms with E-state index in [1.54, 1.807) is 32.2 Å². The van der Waals surface area contributed by atoms with Gasteiger partial charge in [0.1, 0.15) is 5.75 Å². The number of methoxy groups -OCH3 is 2. The lowest BCUT2D eigenvalue weighted by Gasteiger charge is -2.13. The molecule has 2 atom stereocenters. The number of hydrogen-bond acceptors (Lipinski definition) is 8. The van der Waals surface area contributed by atoms with Gasteiger partial charge in [-0.05, 0) is 60.9 Å². The lowest BCUT2D eigenvalue weighted by atomic mass is 10.0. The van der Waals surface area contributed by atoms with E-state index in [9.17, 15) is 14.4 Å². The summed E-state index contributed by atoms with van der Waals surface area (Å²) in [6.45, 7) is 3.38. The second-order valence-corrected chi connectivity index (χ2v) is 12.5. The molecule has 0 bridgehead atoms. The molecule has 8 nitrogen and oxygen atoms in total. The fourth-order valence-electron chi connectivity index (χ4n) is 4.58. The summed E-state index contributed by atoms with van der Waals surface area (Å²) in [4.78, 5) is 36.3. The maximum Gasteiger partial charge on any atom is 0.306 e. The van der Waals surface area contributed by atoms with E-state index < -0.39 is 29.6 Å². The van der Waals surface area contributed by atoms with E-state index in [1.807, 2.05) is 12.1 Å². The van der Waals surface area contributed by atoms with Crippen molar-refractivity contribution < 1.29 is 43.2 Å². The van der Waals surface area contributed by atoms with Crippen molar-refractivity contribution in [2.75, 3.05) is 20.8 Å². The third-order valence-corrected chi connectivity index (χ3v) is 9.42. The van der Waals surface area contributed by atoms with Crippen molar-refractivity contribution in [1.29, 1.82) is 0 Å². The Balaban J connectivity index is 1.45. The van der Waals surface area contributed by atoms with Crippen molar-refractivity contribution in [3.8, 4) is 17.2 Å². The van der Waals surface area contributed by atoms with Gasteiger partial charge in [-0.25, -0.2) is 4.39 Å². The molecule has 4 rings (SSSR count). The number of aliphatic carboxylic acids is 2. The van der Waals surface area contributed by atoms with Gasteiger partial charge in [-0.2, -0.15) is 0 Å². The standard InChI is InChI=1S/C31H33FO8S2/c1-16(30(34)35)7-8-20-13-21-26(41-20)15-24(39-4)29(28(21)32)40-9-5-6-18-11-19-12-27(22(33)10-17(2)31(36)37)42-25(19)14-23(18)38-3/h11-17H,5-10H2,1-4H3,(H,34,35)(H,36,37). The van der Waals surface area contributed by atoms with Crippen molar-refractivity contribution in [3.63, 3.8) is 0 Å². The topological polar surface area (TPSA) is 119 Å². The maximum absolute atomic E-state index is 15.5. The van der Waals surface area contributed by atoms with Gasteiger partial charge in [0.2, 0.25) is 0 Å². The Morgan fingerprint density at radius 3 is 2.24 bits per heavy atom. The Morgan fingerprint density at radius 2 is 1.57 bits per heavy atom. The molecule has 0 saturated carbocycles. The van der Waals surface area contributed by atoms with E-state index in [2.05, 4.69) is 0 Å². The highest BCUT2D eigenvalue weighted by Crippen LogP contribution is 2.40. The van der Waals surface area contributed by atoms with Crippen molar-refractivity contribution in [2.45, 2.75) is 46.0 Å². The quantitative estimate of drug-likeness (QED) is 0.106. The van der Waals surface area contributed by atoms with Gasteiger partial charge in [-0.3, -0.25) is 14.4 Å². The number of thiophene rings is 2. The van der Waals surface area contributed by atoms with Crippen LogP contribution in [-0.4, -0.2) is 48.8 Å². The third-order valence-electron chi connectivity index (χ3n) is 7.14. The van der Waals surface area contributed by atoms with Gasteiger partial charge >= 0.3 is 11.9 Å². The van der Waals surface area contributed by atoms with Crippen molar-refractivity contribution in [2.24, 2.45) is 11.8 Å². The predicted molar refractivity (Wildman–Crippen MR) is 161 cm³/mol. The van der Waals surface area contributed by atoms with Crippen LogP contribution in [0.1, 0.15) is 53.2 Å². The van der Waals surface area contributed by atoms with Crippen LogP contribution in [0.25, 0.3) is 20.2 Å². The minimum atomic E-state index is -1.00. The number of ketones is 1. The molecule has 0 spiro atoms. The van der Waals surface area contributed by atoms with E-state index in [0.29, 0.717) is 52.1 Å². The van der Waals surface area contributed by atoms with E-state index in [1.165, 1.54) is 36.7 Å². The maximum atomic E-state index is 15.5. The predicted octanol–water partition coefficient (Wildman–Crippen LogP) is 7.23. The number of hydrogen-bond donors (Lipinski definition) is 2. The second-order valence-electron chi connectivity index (χ2n) is 10.3. The molecule has 0 aliphatic rings. The Morgan fingerprint density at radius 1 is 0.881 bits per heavy atom. The first-order valence-electron chi connectivity index (χ1n) is 13.5. The lowest BCUT2D eigenvalue weighted by molar-refractivity contribution is -0.142. The summed E-state index contributed by atoms with van der Waals surface area (Å²) in [6.07, 6.45) is 2.07. The van der Waals surface area contributed by atoms with Gasteiger partial charge in [0.15, 0.2) is 23.1 Å². The number of fused-ring (bicyclic) bond motifs is 2. The fourth-order valence-corrected chi connectivity index (χ4v) is 6.71. The Hall–Kier alpha value is -3.70. The van der Waals surface area contributed by atoms with E-state index >= 15 is 4.39 Å². The number of rotatable bonds is 15. The first-order chi connectivity index (χ1) is 20.0. The van der Waals surface area contributed by atoms with Crippen LogP contribution in [0.15, 0.2) is 30.3 Å². The summed E-state index contributed by atoms with van der Waals surface area (Å²) in [5.74, 6) is -2.83. The average molecular weight is 617 g/mol. The summed E-state index contributed by atoms with van der Waals surface area (Å²) < 4.78 is 34.0. The summed E-state index contributed by atoms with van der Waals surface area (Å²) in [5, 5.41) is 19.5. The monoisotopic (exact) mass is 616 g/mol. The van der Waals surface area contributed by atoms with E-state index in [4.69, 9.17) is 24.4 Å². The summed E-state index contributed by atoms with van der Waals surface area (Å²) in [6, 6.07) is 9.09. The molecule has 0 aliphatic carbocycles. The second kappa shape index (κ2) is 13.5. The van der Waals surface area contributed by atoms with Gasteiger partial charge in [0.05, 0.1) is 37.5 Å². The molecule has 0 saturated heterocycles. The molecule has 11 heteroatoms. The molecule has 42 heavy (non-hydrogen) atoms. The van der Waals surface area contributed by atoms with E-state index in [-0.39, 0.29) is 24.6 Å². The Bertz CT molecular complexity index is 1620. The summed E-state index contributed by atoms with van der Waals surface area (Å²) in [7, 11) is 3.03. The zero-order valence-corrected chi connectivity index (χ0v) is 25.5. The number of halogens is 1. The number of Topliss-reactive ketones (excluding diaryl/α,β-unsaturated/α-hetero) is 1. The molecule has 4 aromatic rings. The number of benzene rings is 2. The van der Waals surface area contributed by atoms with Crippen LogP contribution in [0.4, 0.5) is 4.39 Å². The lowest BCUT2D eigenvalue weighted by Crippen LogP contribution is -2.13. The molecule has 0 fully saturated rings. The smallest absolute Gasteiger partial charge is 0.306 e.